The molecular weight excluding hydrogens is 418 g/mol. The minimum atomic E-state index is -1.08. The second-order valence-corrected chi connectivity index (χ2v) is 9.84. The number of carbonyl (C=O) groups is 3. The Bertz CT molecular complexity index is 845. The number of hydrogen-bond donors (Lipinski definition) is 1. The number of piperidine rings is 1. The highest BCUT2D eigenvalue weighted by Gasteiger charge is 2.56. The molecule has 2 aliphatic rings. The highest BCUT2D eigenvalue weighted by molar-refractivity contribution is 6.31. The molecule has 0 bridgehead atoms. The zero-order valence-electron chi connectivity index (χ0n) is 18.7. The Balaban J connectivity index is 1.88. The van der Waals surface area contributed by atoms with Gasteiger partial charge in [0, 0.05) is 37.1 Å². The van der Waals surface area contributed by atoms with E-state index in [1.54, 1.807) is 6.07 Å². The molecule has 7 nitrogen and oxygen atoms in total. The van der Waals surface area contributed by atoms with Crippen LogP contribution in [0.15, 0.2) is 24.3 Å². The van der Waals surface area contributed by atoms with Crippen molar-refractivity contribution in [2.75, 3.05) is 33.4 Å². The molecule has 2 saturated heterocycles. The molecule has 2 aliphatic heterocycles. The average Bonchev–Trinajstić information content (AvgIpc) is 2.97. The van der Waals surface area contributed by atoms with E-state index in [0.717, 1.165) is 5.56 Å². The molecule has 1 N–H and O–H groups in total. The number of amides is 4. The second kappa shape index (κ2) is 9.17. The summed E-state index contributed by atoms with van der Waals surface area (Å²) in [5, 5.41) is 3.58. The van der Waals surface area contributed by atoms with Crippen molar-refractivity contribution in [1.29, 1.82) is 0 Å². The smallest absolute Gasteiger partial charge is 0.325 e. The minimum absolute atomic E-state index is 0.100. The SMILES string of the molecule is COCCN1C(=O)N[C@](Cc2ccccc2Cl)(C2CCN(C(=O)C(C)(C)C)CC2)C1=O. The number of ether oxygens (including phenoxy) is 1. The number of urea groups is 1. The molecule has 0 aromatic heterocycles. The summed E-state index contributed by atoms with van der Waals surface area (Å²) in [7, 11) is 1.54. The van der Waals surface area contributed by atoms with Gasteiger partial charge in [-0.25, -0.2) is 4.79 Å². The van der Waals surface area contributed by atoms with Crippen LogP contribution >= 0.6 is 11.6 Å². The number of halogens is 1. The van der Waals surface area contributed by atoms with Gasteiger partial charge in [-0.2, -0.15) is 0 Å². The van der Waals surface area contributed by atoms with E-state index in [4.69, 9.17) is 16.3 Å². The fourth-order valence-electron chi connectivity index (χ4n) is 4.56. The van der Waals surface area contributed by atoms with Crippen molar-refractivity contribution >= 4 is 29.4 Å². The Morgan fingerprint density at radius 3 is 2.45 bits per heavy atom. The van der Waals surface area contributed by atoms with Crippen LogP contribution in [0.4, 0.5) is 4.79 Å². The van der Waals surface area contributed by atoms with Gasteiger partial charge in [-0.15, -0.1) is 0 Å². The van der Waals surface area contributed by atoms with E-state index < -0.39 is 17.0 Å². The number of benzene rings is 1. The van der Waals surface area contributed by atoms with Crippen molar-refractivity contribution in [3.63, 3.8) is 0 Å². The van der Waals surface area contributed by atoms with Gasteiger partial charge in [-0.1, -0.05) is 50.6 Å². The number of carbonyl (C=O) groups excluding carboxylic acids is 3. The standard InChI is InChI=1S/C23H32ClN3O4/c1-22(2,3)19(28)26-11-9-17(10-12-26)23(15-16-7-5-6-8-18(16)24)20(29)27(13-14-31-4)21(30)25-23/h5-8,17H,9-15H2,1-4H3,(H,25,30)/t23-/m1/s1. The van der Waals surface area contributed by atoms with Gasteiger partial charge < -0.3 is 15.0 Å². The number of nitrogens with zero attached hydrogens (tertiary/aromatic N) is 2. The molecule has 2 heterocycles. The Hall–Kier alpha value is -2.12. The summed E-state index contributed by atoms with van der Waals surface area (Å²) in [6.07, 6.45) is 1.59. The lowest BCUT2D eigenvalue weighted by Crippen LogP contribution is -2.58. The largest absolute Gasteiger partial charge is 0.383 e. The number of likely N-dealkylation sites (tertiary alicyclic amines) is 1. The van der Waals surface area contributed by atoms with Gasteiger partial charge in [0.05, 0.1) is 13.2 Å². The molecule has 31 heavy (non-hydrogen) atoms. The molecule has 0 unspecified atom stereocenters. The molecule has 0 aliphatic carbocycles. The Kier molecular flexibility index (Phi) is 6.96. The zero-order valence-corrected chi connectivity index (χ0v) is 19.5. The first-order valence-corrected chi connectivity index (χ1v) is 11.1. The van der Waals surface area contributed by atoms with Crippen LogP contribution in [0.2, 0.25) is 5.02 Å². The molecular formula is C23H32ClN3O4. The number of hydrogen-bond acceptors (Lipinski definition) is 4. The fraction of sp³-hybridized carbons (Fsp3) is 0.609. The third kappa shape index (κ3) is 4.72. The van der Waals surface area contributed by atoms with Crippen molar-refractivity contribution in [2.24, 2.45) is 11.3 Å². The van der Waals surface area contributed by atoms with Crippen LogP contribution in [-0.4, -0.2) is 66.5 Å². The van der Waals surface area contributed by atoms with Gasteiger partial charge in [0.2, 0.25) is 5.91 Å². The predicted octanol–water partition coefficient (Wildman–Crippen LogP) is 3.10. The van der Waals surface area contributed by atoms with Crippen LogP contribution in [-0.2, 0) is 20.7 Å². The van der Waals surface area contributed by atoms with E-state index in [0.29, 0.717) is 37.4 Å². The molecule has 3 rings (SSSR count). The third-order valence-electron chi connectivity index (χ3n) is 6.27. The second-order valence-electron chi connectivity index (χ2n) is 9.44. The van der Waals surface area contributed by atoms with Gasteiger partial charge in [-0.3, -0.25) is 14.5 Å². The summed E-state index contributed by atoms with van der Waals surface area (Å²) in [6.45, 7) is 7.34. The van der Waals surface area contributed by atoms with E-state index in [9.17, 15) is 14.4 Å². The first kappa shape index (κ1) is 23.5. The maximum Gasteiger partial charge on any atom is 0.325 e. The minimum Gasteiger partial charge on any atom is -0.383 e. The summed E-state index contributed by atoms with van der Waals surface area (Å²) in [4.78, 5) is 42.2. The normalized spacial score (nSPS) is 22.7. The summed E-state index contributed by atoms with van der Waals surface area (Å²) >= 11 is 6.41. The lowest BCUT2D eigenvalue weighted by Gasteiger charge is -2.42. The monoisotopic (exact) mass is 449 g/mol. The molecule has 0 spiro atoms. The van der Waals surface area contributed by atoms with Crippen LogP contribution in [0.5, 0.6) is 0 Å². The Morgan fingerprint density at radius 2 is 1.87 bits per heavy atom. The molecule has 170 valence electrons. The number of nitrogens with one attached hydrogen (secondary N) is 1. The predicted molar refractivity (Wildman–Crippen MR) is 119 cm³/mol. The molecule has 1 atom stereocenters. The van der Waals surface area contributed by atoms with Crippen LogP contribution in [0.1, 0.15) is 39.2 Å². The number of rotatable bonds is 6. The maximum absolute atomic E-state index is 13.6. The molecule has 2 fully saturated rings. The number of imide groups is 1. The third-order valence-corrected chi connectivity index (χ3v) is 6.64. The van der Waals surface area contributed by atoms with E-state index in [1.807, 2.05) is 43.9 Å². The van der Waals surface area contributed by atoms with Crippen molar-refractivity contribution in [2.45, 2.75) is 45.6 Å². The molecule has 0 radical (unpaired) electrons. The van der Waals surface area contributed by atoms with Crippen LogP contribution in [0.3, 0.4) is 0 Å². The lowest BCUT2D eigenvalue weighted by atomic mass is 9.73. The van der Waals surface area contributed by atoms with Crippen LogP contribution in [0.25, 0.3) is 0 Å². The lowest BCUT2D eigenvalue weighted by molar-refractivity contribution is -0.142. The molecule has 8 heteroatoms. The van der Waals surface area contributed by atoms with Crippen molar-refractivity contribution in [3.05, 3.63) is 34.9 Å². The van der Waals surface area contributed by atoms with Crippen molar-refractivity contribution in [1.82, 2.24) is 15.1 Å². The van der Waals surface area contributed by atoms with Crippen molar-refractivity contribution < 1.29 is 19.1 Å². The number of methoxy groups -OCH3 is 1. The quantitative estimate of drug-likeness (QED) is 0.677. The maximum atomic E-state index is 13.6. The average molecular weight is 450 g/mol. The van der Waals surface area contributed by atoms with E-state index in [1.165, 1.54) is 12.0 Å². The van der Waals surface area contributed by atoms with Crippen molar-refractivity contribution in [3.8, 4) is 0 Å². The molecule has 1 aromatic rings. The Morgan fingerprint density at radius 1 is 1.23 bits per heavy atom. The van der Waals surface area contributed by atoms with Gasteiger partial charge in [0.15, 0.2) is 0 Å². The molecule has 0 saturated carbocycles. The summed E-state index contributed by atoms with van der Waals surface area (Å²) in [5.74, 6) is -0.235. The Labute approximate surface area is 189 Å². The fourth-order valence-corrected chi connectivity index (χ4v) is 4.77. The topological polar surface area (TPSA) is 79.0 Å². The van der Waals surface area contributed by atoms with E-state index >= 15 is 0 Å². The van der Waals surface area contributed by atoms with E-state index in [-0.39, 0.29) is 30.9 Å². The van der Waals surface area contributed by atoms with Crippen LogP contribution in [0, 0.1) is 11.3 Å². The summed E-state index contributed by atoms with van der Waals surface area (Å²) in [5.41, 5.74) is -0.706. The molecule has 1 aromatic carbocycles. The first-order valence-electron chi connectivity index (χ1n) is 10.8. The van der Waals surface area contributed by atoms with Gasteiger partial charge in [0.1, 0.15) is 5.54 Å². The highest BCUT2D eigenvalue weighted by Crippen LogP contribution is 2.38. The zero-order chi connectivity index (χ0) is 22.8. The highest BCUT2D eigenvalue weighted by atomic mass is 35.5. The summed E-state index contributed by atoms with van der Waals surface area (Å²) < 4.78 is 5.08. The molecule has 4 amide bonds. The van der Waals surface area contributed by atoms with Gasteiger partial charge in [0.25, 0.3) is 5.91 Å². The summed E-state index contributed by atoms with van der Waals surface area (Å²) in [6, 6.07) is 7.00. The van der Waals surface area contributed by atoms with Gasteiger partial charge in [-0.05, 0) is 30.4 Å². The first-order chi connectivity index (χ1) is 14.6. The van der Waals surface area contributed by atoms with E-state index in [2.05, 4.69) is 5.32 Å². The van der Waals surface area contributed by atoms with Crippen LogP contribution < -0.4 is 5.32 Å². The van der Waals surface area contributed by atoms with Gasteiger partial charge >= 0.3 is 6.03 Å².